The molecule has 1 aromatic rings. The third kappa shape index (κ3) is 3.14. The van der Waals surface area contributed by atoms with Gasteiger partial charge in [0.1, 0.15) is 5.75 Å². The number of nitrogens with zero attached hydrogens (tertiary/aromatic N) is 1. The molecule has 3 aliphatic rings. The highest BCUT2D eigenvalue weighted by atomic mass is 32.1. The van der Waals surface area contributed by atoms with Crippen LogP contribution in [-0.4, -0.2) is 41.8 Å². The van der Waals surface area contributed by atoms with E-state index in [1.54, 1.807) is 12.0 Å². The van der Waals surface area contributed by atoms with E-state index in [0.717, 1.165) is 43.4 Å². The van der Waals surface area contributed by atoms with Gasteiger partial charge in [-0.2, -0.15) is 0 Å². The molecule has 164 valence electrons. The molecule has 30 heavy (non-hydrogen) atoms. The summed E-state index contributed by atoms with van der Waals surface area (Å²) < 4.78 is 11.7. The summed E-state index contributed by atoms with van der Waals surface area (Å²) in [7, 11) is 1.79. The van der Waals surface area contributed by atoms with Gasteiger partial charge in [0.15, 0.2) is 10.7 Å². The van der Waals surface area contributed by atoms with Crippen molar-refractivity contribution in [1.82, 2.24) is 10.2 Å². The van der Waals surface area contributed by atoms with Crippen molar-refractivity contribution in [3.63, 3.8) is 0 Å². The van der Waals surface area contributed by atoms with Gasteiger partial charge in [-0.15, -0.1) is 0 Å². The molecule has 0 radical (unpaired) electrons. The van der Waals surface area contributed by atoms with Crippen LogP contribution < -0.4 is 10.1 Å². The summed E-state index contributed by atoms with van der Waals surface area (Å²) in [5.74, 6) is 1.37. The van der Waals surface area contributed by atoms with Gasteiger partial charge in [0.05, 0.1) is 12.7 Å². The number of carbonyl (C=O) groups is 1. The predicted octanol–water partition coefficient (Wildman–Crippen LogP) is 4.17. The number of rotatable bonds is 5. The van der Waals surface area contributed by atoms with Crippen LogP contribution in [0.4, 0.5) is 0 Å². The molecule has 2 aliphatic carbocycles. The standard InChI is InChI=1S/C24H34N2O3S/c1-15(2)14-29-19-7-6-17-13-23(10-8-18(28-5)9-11-23)24(20(17)12-19)21(27)26(16(3)4)22(30)25-24/h6-7,12,15-16,18H,8-11,13-14H2,1-5H3,(H,25,30). The molecule has 5 nitrogen and oxygen atoms in total. The molecule has 1 aliphatic heterocycles. The summed E-state index contributed by atoms with van der Waals surface area (Å²) >= 11 is 5.69. The van der Waals surface area contributed by atoms with E-state index < -0.39 is 5.54 Å². The van der Waals surface area contributed by atoms with E-state index >= 15 is 0 Å². The van der Waals surface area contributed by atoms with Gasteiger partial charge in [-0.1, -0.05) is 19.9 Å². The lowest BCUT2D eigenvalue weighted by atomic mass is 9.61. The van der Waals surface area contributed by atoms with Crippen LogP contribution >= 0.6 is 12.2 Å². The van der Waals surface area contributed by atoms with Gasteiger partial charge >= 0.3 is 0 Å². The zero-order chi connectivity index (χ0) is 21.7. The number of benzene rings is 1. The Morgan fingerprint density at radius 2 is 1.93 bits per heavy atom. The number of hydrogen-bond donors (Lipinski definition) is 1. The number of thiocarbonyl (C=S) groups is 1. The topological polar surface area (TPSA) is 50.8 Å². The fourth-order valence-corrected chi connectivity index (χ4v) is 6.13. The molecular formula is C24H34N2O3S. The minimum Gasteiger partial charge on any atom is -0.493 e. The van der Waals surface area contributed by atoms with Crippen molar-refractivity contribution >= 4 is 23.2 Å². The van der Waals surface area contributed by atoms with Crippen LogP contribution in [0.25, 0.3) is 0 Å². The summed E-state index contributed by atoms with van der Waals surface area (Å²) in [6.45, 7) is 8.98. The lowest BCUT2D eigenvalue weighted by Crippen LogP contribution is -2.57. The Morgan fingerprint density at radius 1 is 1.23 bits per heavy atom. The van der Waals surface area contributed by atoms with Crippen molar-refractivity contribution in [1.29, 1.82) is 0 Å². The quantitative estimate of drug-likeness (QED) is 0.711. The molecule has 1 saturated heterocycles. The van der Waals surface area contributed by atoms with Crippen LogP contribution in [0, 0.1) is 11.3 Å². The maximum atomic E-state index is 14.0. The summed E-state index contributed by atoms with van der Waals surface area (Å²) in [4.78, 5) is 15.8. The molecule has 1 saturated carbocycles. The maximum absolute atomic E-state index is 14.0. The predicted molar refractivity (Wildman–Crippen MR) is 122 cm³/mol. The van der Waals surface area contributed by atoms with Crippen LogP contribution in [-0.2, 0) is 21.5 Å². The highest BCUT2D eigenvalue weighted by Crippen LogP contribution is 2.60. The normalized spacial score (nSPS) is 30.6. The Bertz CT molecular complexity index is 845. The first-order chi connectivity index (χ1) is 14.2. The third-order valence-electron chi connectivity index (χ3n) is 7.19. The van der Waals surface area contributed by atoms with Crippen molar-refractivity contribution in [2.24, 2.45) is 11.3 Å². The first-order valence-electron chi connectivity index (χ1n) is 11.2. The molecule has 1 heterocycles. The van der Waals surface area contributed by atoms with Crippen LogP contribution in [0.1, 0.15) is 64.5 Å². The van der Waals surface area contributed by atoms with Crippen molar-refractivity contribution in [3.05, 3.63) is 29.3 Å². The minimum atomic E-state index is -0.806. The summed E-state index contributed by atoms with van der Waals surface area (Å²) in [5, 5.41) is 4.11. The van der Waals surface area contributed by atoms with Gasteiger partial charge in [-0.05, 0) is 87.3 Å². The molecule has 1 unspecified atom stereocenters. The zero-order valence-electron chi connectivity index (χ0n) is 18.8. The molecule has 1 amide bonds. The van der Waals surface area contributed by atoms with Gasteiger partial charge in [0.25, 0.3) is 5.91 Å². The van der Waals surface area contributed by atoms with Crippen molar-refractivity contribution in [2.45, 2.75) is 77.5 Å². The average Bonchev–Trinajstić information content (AvgIpc) is 3.13. The number of fused-ring (bicyclic) bond motifs is 3. The lowest BCUT2D eigenvalue weighted by Gasteiger charge is -2.46. The molecule has 2 spiro atoms. The van der Waals surface area contributed by atoms with E-state index in [2.05, 4.69) is 31.3 Å². The number of nitrogens with one attached hydrogen (secondary N) is 1. The second-order valence-corrected chi connectivity index (χ2v) is 10.3. The Morgan fingerprint density at radius 3 is 2.50 bits per heavy atom. The fourth-order valence-electron chi connectivity index (χ4n) is 5.68. The lowest BCUT2D eigenvalue weighted by molar-refractivity contribution is -0.139. The molecular weight excluding hydrogens is 396 g/mol. The van der Waals surface area contributed by atoms with E-state index in [1.807, 2.05) is 19.9 Å². The van der Waals surface area contributed by atoms with E-state index in [4.69, 9.17) is 21.7 Å². The summed E-state index contributed by atoms with van der Waals surface area (Å²) in [5.41, 5.74) is 1.29. The molecule has 4 rings (SSSR count). The number of hydrogen-bond acceptors (Lipinski definition) is 4. The average molecular weight is 431 g/mol. The molecule has 2 fully saturated rings. The highest BCUT2D eigenvalue weighted by molar-refractivity contribution is 7.80. The zero-order valence-corrected chi connectivity index (χ0v) is 19.6. The van der Waals surface area contributed by atoms with Crippen molar-refractivity contribution < 1.29 is 14.3 Å². The van der Waals surface area contributed by atoms with E-state index in [0.29, 0.717) is 17.6 Å². The SMILES string of the molecule is COC1CCC2(CC1)Cc1ccc(OCC(C)C)cc1C21NC(=S)N(C(C)C)C1=O. The van der Waals surface area contributed by atoms with Gasteiger partial charge in [-0.3, -0.25) is 9.69 Å². The van der Waals surface area contributed by atoms with Gasteiger partial charge < -0.3 is 14.8 Å². The monoisotopic (exact) mass is 430 g/mol. The first kappa shape index (κ1) is 21.6. The highest BCUT2D eigenvalue weighted by Gasteiger charge is 2.67. The third-order valence-corrected chi connectivity index (χ3v) is 7.48. The van der Waals surface area contributed by atoms with Crippen LogP contribution in [0.5, 0.6) is 5.75 Å². The Kier molecular flexibility index (Phi) is 5.60. The Hall–Kier alpha value is -1.66. The summed E-state index contributed by atoms with van der Waals surface area (Å²) in [6.07, 6.45) is 4.96. The number of amides is 1. The van der Waals surface area contributed by atoms with Crippen LogP contribution in [0.15, 0.2) is 18.2 Å². The molecule has 1 atom stereocenters. The molecule has 0 bridgehead atoms. The van der Waals surface area contributed by atoms with Gasteiger partial charge in [-0.25, -0.2) is 0 Å². The van der Waals surface area contributed by atoms with E-state index in [-0.39, 0.29) is 23.5 Å². The largest absolute Gasteiger partial charge is 0.493 e. The Balaban J connectivity index is 1.80. The number of methoxy groups -OCH3 is 1. The molecule has 1 N–H and O–H groups in total. The summed E-state index contributed by atoms with van der Waals surface area (Å²) in [6, 6.07) is 6.31. The fraction of sp³-hybridized carbons (Fsp3) is 0.667. The Labute approximate surface area is 185 Å². The maximum Gasteiger partial charge on any atom is 0.259 e. The second-order valence-electron chi connectivity index (χ2n) is 9.87. The van der Waals surface area contributed by atoms with Crippen molar-refractivity contribution in [3.8, 4) is 5.75 Å². The van der Waals surface area contributed by atoms with E-state index in [9.17, 15) is 4.79 Å². The van der Waals surface area contributed by atoms with Crippen molar-refractivity contribution in [2.75, 3.05) is 13.7 Å². The number of carbonyl (C=O) groups excluding carboxylic acids is 1. The van der Waals surface area contributed by atoms with Gasteiger partial charge in [0.2, 0.25) is 0 Å². The molecule has 0 aromatic heterocycles. The first-order valence-corrected chi connectivity index (χ1v) is 11.6. The molecule has 6 heteroatoms. The van der Waals surface area contributed by atoms with Crippen LogP contribution in [0.3, 0.4) is 0 Å². The molecule has 1 aromatic carbocycles. The second kappa shape index (κ2) is 7.79. The smallest absolute Gasteiger partial charge is 0.259 e. The minimum absolute atomic E-state index is 0.0219. The van der Waals surface area contributed by atoms with Crippen LogP contribution in [0.2, 0.25) is 0 Å². The number of ether oxygens (including phenoxy) is 2. The van der Waals surface area contributed by atoms with E-state index in [1.165, 1.54) is 5.56 Å². The van der Waals surface area contributed by atoms with Gasteiger partial charge in [0, 0.05) is 18.6 Å².